The number of hydrogen-bond donors (Lipinski definition) is 3. The van der Waals surface area contributed by atoms with E-state index in [4.69, 9.17) is 4.74 Å². The molecule has 0 aliphatic carbocycles. The Morgan fingerprint density at radius 1 is 0.900 bits per heavy atom. The van der Waals surface area contributed by atoms with E-state index in [0.29, 0.717) is 16.2 Å². The second-order valence-electron chi connectivity index (χ2n) is 6.07. The number of carboxylic acid groups (broad SMARTS) is 1. The van der Waals surface area contributed by atoms with Gasteiger partial charge in [0.05, 0.1) is 18.4 Å². The second kappa shape index (κ2) is 9.62. The summed E-state index contributed by atoms with van der Waals surface area (Å²) in [4.78, 5) is 37.3. The Bertz CT molecular complexity index is 1070. The first-order valence-electron chi connectivity index (χ1n) is 8.83. The number of anilines is 1. The molecule has 0 fully saturated rings. The Kier molecular flexibility index (Phi) is 6.71. The Morgan fingerprint density at radius 3 is 2.23 bits per heavy atom. The molecule has 0 aliphatic rings. The molecule has 0 radical (unpaired) electrons. The number of carbonyl (C=O) groups excluding carboxylic acids is 2. The molecule has 3 rings (SSSR count). The number of imide groups is 1. The van der Waals surface area contributed by atoms with Crippen LogP contribution < -0.4 is 15.4 Å². The zero-order valence-corrected chi connectivity index (χ0v) is 16.7. The summed E-state index contributed by atoms with van der Waals surface area (Å²) < 4.78 is 5.14. The Hall–Kier alpha value is -3.78. The van der Waals surface area contributed by atoms with Crippen molar-refractivity contribution in [2.24, 2.45) is 0 Å². The van der Waals surface area contributed by atoms with Crippen molar-refractivity contribution in [1.82, 2.24) is 5.32 Å². The van der Waals surface area contributed by atoms with Crippen LogP contribution in [0.4, 0.5) is 10.5 Å². The monoisotopic (exact) mass is 422 g/mol. The van der Waals surface area contributed by atoms with Gasteiger partial charge in [-0.3, -0.25) is 10.1 Å². The number of amides is 3. The van der Waals surface area contributed by atoms with Crippen molar-refractivity contribution in [3.05, 3.63) is 83.9 Å². The van der Waals surface area contributed by atoms with Gasteiger partial charge in [-0.15, -0.1) is 0 Å². The molecule has 0 bridgehead atoms. The first-order chi connectivity index (χ1) is 14.5. The standard InChI is InChI=1S/C22H18N2O5S/c1-29-16-8-10-17(11-9-16)30-19-12-7-15(21(26)27)13-18(19)23-22(28)24-20(25)14-5-3-2-4-6-14/h2-13H,1H3,(H,26,27)(H2,23,24,25,28). The van der Waals surface area contributed by atoms with Crippen molar-refractivity contribution < 1.29 is 24.2 Å². The van der Waals surface area contributed by atoms with Gasteiger partial charge >= 0.3 is 12.0 Å². The molecule has 152 valence electrons. The summed E-state index contributed by atoms with van der Waals surface area (Å²) in [5.41, 5.74) is 0.618. The van der Waals surface area contributed by atoms with Crippen molar-refractivity contribution in [2.75, 3.05) is 12.4 Å². The molecule has 3 amide bonds. The third-order valence-corrected chi connectivity index (χ3v) is 5.11. The molecule has 3 aromatic rings. The topological polar surface area (TPSA) is 105 Å². The minimum atomic E-state index is -1.13. The van der Waals surface area contributed by atoms with E-state index in [2.05, 4.69) is 10.6 Å². The molecule has 0 saturated heterocycles. The van der Waals surface area contributed by atoms with Gasteiger partial charge in [-0.05, 0) is 54.6 Å². The fourth-order valence-electron chi connectivity index (χ4n) is 2.54. The maximum absolute atomic E-state index is 12.3. The maximum Gasteiger partial charge on any atom is 0.335 e. The van der Waals surface area contributed by atoms with Gasteiger partial charge in [-0.2, -0.15) is 0 Å². The number of ether oxygens (including phenoxy) is 1. The molecular weight excluding hydrogens is 404 g/mol. The lowest BCUT2D eigenvalue weighted by Gasteiger charge is -2.13. The lowest BCUT2D eigenvalue weighted by molar-refractivity contribution is 0.0696. The van der Waals surface area contributed by atoms with E-state index in [1.54, 1.807) is 55.6 Å². The van der Waals surface area contributed by atoms with Crippen molar-refractivity contribution in [2.45, 2.75) is 9.79 Å². The van der Waals surface area contributed by atoms with Gasteiger partial charge in [-0.1, -0.05) is 30.0 Å². The molecule has 7 nitrogen and oxygen atoms in total. The average Bonchev–Trinajstić information content (AvgIpc) is 2.75. The van der Waals surface area contributed by atoms with Crippen LogP contribution in [-0.2, 0) is 0 Å². The van der Waals surface area contributed by atoms with E-state index < -0.39 is 17.9 Å². The molecule has 0 spiro atoms. The second-order valence-corrected chi connectivity index (χ2v) is 7.18. The lowest BCUT2D eigenvalue weighted by Crippen LogP contribution is -2.34. The predicted molar refractivity (Wildman–Crippen MR) is 113 cm³/mol. The third-order valence-electron chi connectivity index (χ3n) is 4.02. The van der Waals surface area contributed by atoms with E-state index in [1.165, 1.54) is 23.9 Å². The van der Waals surface area contributed by atoms with E-state index in [9.17, 15) is 19.5 Å². The number of urea groups is 1. The van der Waals surface area contributed by atoms with Gasteiger partial charge < -0.3 is 15.2 Å². The third kappa shape index (κ3) is 5.39. The number of rotatable bonds is 6. The van der Waals surface area contributed by atoms with Crippen LogP contribution in [-0.4, -0.2) is 30.1 Å². The highest BCUT2D eigenvalue weighted by Crippen LogP contribution is 2.35. The van der Waals surface area contributed by atoms with Crippen LogP contribution >= 0.6 is 11.8 Å². The average molecular weight is 422 g/mol. The highest BCUT2D eigenvalue weighted by atomic mass is 32.2. The van der Waals surface area contributed by atoms with E-state index in [1.807, 2.05) is 12.1 Å². The van der Waals surface area contributed by atoms with E-state index in [0.717, 1.165) is 4.90 Å². The van der Waals surface area contributed by atoms with Crippen LogP contribution in [0.25, 0.3) is 0 Å². The summed E-state index contributed by atoms with van der Waals surface area (Å²) in [5, 5.41) is 14.1. The van der Waals surface area contributed by atoms with Gasteiger partial charge in [0.1, 0.15) is 5.75 Å². The minimum Gasteiger partial charge on any atom is -0.497 e. The van der Waals surface area contributed by atoms with Gasteiger partial charge in [0.15, 0.2) is 0 Å². The Morgan fingerprint density at radius 2 is 1.60 bits per heavy atom. The molecule has 0 atom stereocenters. The first kappa shape index (κ1) is 20.9. The van der Waals surface area contributed by atoms with Crippen LogP contribution in [0.5, 0.6) is 5.75 Å². The summed E-state index contributed by atoms with van der Waals surface area (Å²) in [6, 6.07) is 19.2. The SMILES string of the molecule is COc1ccc(Sc2ccc(C(=O)O)cc2NC(=O)NC(=O)c2ccccc2)cc1. The molecule has 3 N–H and O–H groups in total. The number of methoxy groups -OCH3 is 1. The predicted octanol–water partition coefficient (Wildman–Crippen LogP) is 4.51. The van der Waals surface area contributed by atoms with Crippen LogP contribution in [0.1, 0.15) is 20.7 Å². The zero-order valence-electron chi connectivity index (χ0n) is 15.9. The number of aromatic carboxylic acids is 1. The molecular formula is C22H18N2O5S. The fourth-order valence-corrected chi connectivity index (χ4v) is 3.42. The zero-order chi connectivity index (χ0) is 21.5. The summed E-state index contributed by atoms with van der Waals surface area (Å²) in [6.07, 6.45) is 0. The molecule has 3 aromatic carbocycles. The summed E-state index contributed by atoms with van der Waals surface area (Å²) >= 11 is 1.34. The molecule has 0 heterocycles. The molecule has 0 aliphatic heterocycles. The first-order valence-corrected chi connectivity index (χ1v) is 9.64. The molecule has 30 heavy (non-hydrogen) atoms. The minimum absolute atomic E-state index is 0.0127. The molecule has 0 unspecified atom stereocenters. The quantitative estimate of drug-likeness (QED) is 0.540. The summed E-state index contributed by atoms with van der Waals surface area (Å²) in [7, 11) is 1.57. The number of benzene rings is 3. The van der Waals surface area contributed by atoms with Crippen molar-refractivity contribution in [3.63, 3.8) is 0 Å². The maximum atomic E-state index is 12.3. The van der Waals surface area contributed by atoms with E-state index >= 15 is 0 Å². The van der Waals surface area contributed by atoms with Crippen LogP contribution in [0, 0.1) is 0 Å². The Balaban J connectivity index is 1.80. The van der Waals surface area contributed by atoms with Crippen LogP contribution in [0.2, 0.25) is 0 Å². The van der Waals surface area contributed by atoms with Crippen molar-refractivity contribution in [1.29, 1.82) is 0 Å². The van der Waals surface area contributed by atoms with Gasteiger partial charge in [0.2, 0.25) is 0 Å². The van der Waals surface area contributed by atoms with Gasteiger partial charge in [-0.25, -0.2) is 9.59 Å². The smallest absolute Gasteiger partial charge is 0.335 e. The van der Waals surface area contributed by atoms with Crippen LogP contribution in [0.15, 0.2) is 82.6 Å². The molecule has 0 aromatic heterocycles. The van der Waals surface area contributed by atoms with Crippen molar-refractivity contribution >= 4 is 35.4 Å². The molecule has 0 saturated carbocycles. The van der Waals surface area contributed by atoms with E-state index in [-0.39, 0.29) is 11.3 Å². The normalized spacial score (nSPS) is 10.2. The highest BCUT2D eigenvalue weighted by molar-refractivity contribution is 7.99. The highest BCUT2D eigenvalue weighted by Gasteiger charge is 2.15. The van der Waals surface area contributed by atoms with Gasteiger partial charge in [0, 0.05) is 15.4 Å². The number of carboxylic acids is 1. The Labute approximate surface area is 177 Å². The summed E-state index contributed by atoms with van der Waals surface area (Å²) in [6.45, 7) is 0. The van der Waals surface area contributed by atoms with Crippen LogP contribution in [0.3, 0.4) is 0 Å². The number of hydrogen-bond acceptors (Lipinski definition) is 5. The lowest BCUT2D eigenvalue weighted by atomic mass is 10.2. The fraction of sp³-hybridized carbons (Fsp3) is 0.0455. The number of carbonyl (C=O) groups is 3. The molecule has 8 heteroatoms. The number of nitrogens with one attached hydrogen (secondary N) is 2. The van der Waals surface area contributed by atoms with Crippen molar-refractivity contribution in [3.8, 4) is 5.75 Å². The van der Waals surface area contributed by atoms with Gasteiger partial charge in [0.25, 0.3) is 5.91 Å². The summed E-state index contributed by atoms with van der Waals surface area (Å²) in [5.74, 6) is -0.982. The largest absolute Gasteiger partial charge is 0.497 e.